The quantitative estimate of drug-likeness (QED) is 0.635. The maximum atomic E-state index is 13.4. The predicted molar refractivity (Wildman–Crippen MR) is 106 cm³/mol. The van der Waals surface area contributed by atoms with E-state index in [9.17, 15) is 9.59 Å². The third kappa shape index (κ3) is 3.41. The van der Waals surface area contributed by atoms with Crippen LogP contribution < -0.4 is 0 Å². The zero-order chi connectivity index (χ0) is 20.7. The lowest BCUT2D eigenvalue weighted by Crippen LogP contribution is -2.48. The Hall–Kier alpha value is -3.33. The molecule has 1 aromatic carbocycles. The molecule has 4 heterocycles. The van der Waals surface area contributed by atoms with Crippen LogP contribution in [0.15, 0.2) is 41.2 Å². The Kier molecular flexibility index (Phi) is 4.66. The van der Waals surface area contributed by atoms with Gasteiger partial charge in [0.25, 0.3) is 11.8 Å². The largest absolute Gasteiger partial charge is 0.441 e. The molecular formula is C21H21N5O4. The van der Waals surface area contributed by atoms with Crippen molar-refractivity contribution in [3.63, 3.8) is 0 Å². The molecular weight excluding hydrogens is 386 g/mol. The average Bonchev–Trinajstić information content (AvgIpc) is 2.90. The van der Waals surface area contributed by atoms with E-state index < -0.39 is 0 Å². The molecule has 2 fully saturated rings. The first-order chi connectivity index (χ1) is 14.6. The number of benzene rings is 1. The van der Waals surface area contributed by atoms with Crippen LogP contribution in [0.3, 0.4) is 0 Å². The number of nitrogens with zero attached hydrogens (tertiary/aromatic N) is 5. The van der Waals surface area contributed by atoms with Crippen LogP contribution in [0.25, 0.3) is 11.1 Å². The molecule has 0 unspecified atom stereocenters. The Labute approximate surface area is 172 Å². The maximum Gasteiger partial charge on any atom is 0.274 e. The second-order valence-corrected chi connectivity index (χ2v) is 7.73. The maximum absolute atomic E-state index is 13.4. The Balaban J connectivity index is 1.41. The van der Waals surface area contributed by atoms with Gasteiger partial charge in [-0.05, 0) is 18.2 Å². The van der Waals surface area contributed by atoms with Crippen LogP contribution in [-0.4, -0.2) is 75.5 Å². The number of hydrogen-bond acceptors (Lipinski definition) is 7. The number of amides is 2. The van der Waals surface area contributed by atoms with Crippen molar-refractivity contribution in [2.45, 2.75) is 13.0 Å². The van der Waals surface area contributed by atoms with E-state index in [1.165, 1.54) is 18.6 Å². The number of ether oxygens (including phenoxy) is 1. The van der Waals surface area contributed by atoms with Gasteiger partial charge in [0, 0.05) is 50.4 Å². The molecule has 9 heteroatoms. The summed E-state index contributed by atoms with van der Waals surface area (Å²) in [6.07, 6.45) is 4.51. The molecule has 9 nitrogen and oxygen atoms in total. The lowest BCUT2D eigenvalue weighted by molar-refractivity contribution is 0.0378. The van der Waals surface area contributed by atoms with Crippen molar-refractivity contribution in [1.82, 2.24) is 24.8 Å². The number of aromatic nitrogens is 3. The van der Waals surface area contributed by atoms with Gasteiger partial charge in [-0.15, -0.1) is 0 Å². The van der Waals surface area contributed by atoms with E-state index in [-0.39, 0.29) is 23.8 Å². The minimum atomic E-state index is -0.238. The van der Waals surface area contributed by atoms with Gasteiger partial charge in [0.05, 0.1) is 25.5 Å². The van der Waals surface area contributed by atoms with E-state index in [1.54, 1.807) is 30.0 Å². The smallest absolute Gasteiger partial charge is 0.274 e. The van der Waals surface area contributed by atoms with E-state index in [0.29, 0.717) is 55.6 Å². The molecule has 154 valence electrons. The molecule has 2 saturated heterocycles. The highest BCUT2D eigenvalue weighted by molar-refractivity contribution is 5.97. The van der Waals surface area contributed by atoms with Gasteiger partial charge in [0.15, 0.2) is 11.5 Å². The second kappa shape index (κ2) is 7.49. The minimum absolute atomic E-state index is 0.0262. The molecule has 0 spiro atoms. The van der Waals surface area contributed by atoms with Gasteiger partial charge in [0.2, 0.25) is 0 Å². The molecule has 2 aliphatic heterocycles. The molecule has 2 amide bonds. The van der Waals surface area contributed by atoms with Crippen LogP contribution in [0.1, 0.15) is 26.7 Å². The summed E-state index contributed by atoms with van der Waals surface area (Å²) >= 11 is 0. The molecule has 0 saturated carbocycles. The van der Waals surface area contributed by atoms with Crippen LogP contribution in [0, 0.1) is 12.8 Å². The molecule has 0 radical (unpaired) electrons. The van der Waals surface area contributed by atoms with Gasteiger partial charge in [-0.25, -0.2) is 9.97 Å². The summed E-state index contributed by atoms with van der Waals surface area (Å²) in [5.74, 6) is 0.318. The van der Waals surface area contributed by atoms with Gasteiger partial charge in [-0.1, -0.05) is 0 Å². The van der Waals surface area contributed by atoms with Crippen molar-refractivity contribution in [2.75, 3.05) is 32.8 Å². The third-order valence-corrected chi connectivity index (χ3v) is 5.54. The fraction of sp³-hybridized carbons (Fsp3) is 0.381. The molecule has 2 aromatic heterocycles. The number of carbonyl (C=O) groups is 2. The Morgan fingerprint density at radius 2 is 2.00 bits per heavy atom. The highest BCUT2D eigenvalue weighted by Gasteiger charge is 2.38. The predicted octanol–water partition coefficient (Wildman–Crippen LogP) is 1.54. The summed E-state index contributed by atoms with van der Waals surface area (Å²) < 4.78 is 11.4. The number of rotatable bonds is 2. The number of carbonyl (C=O) groups excluding carboxylic acids is 2. The molecule has 30 heavy (non-hydrogen) atoms. The summed E-state index contributed by atoms with van der Waals surface area (Å²) in [7, 11) is 0. The van der Waals surface area contributed by atoms with Crippen molar-refractivity contribution in [3.8, 4) is 0 Å². The fourth-order valence-corrected chi connectivity index (χ4v) is 4.17. The summed E-state index contributed by atoms with van der Waals surface area (Å²) in [5.41, 5.74) is 2.16. The van der Waals surface area contributed by atoms with E-state index in [0.717, 1.165) is 5.52 Å². The number of hydrogen-bond donors (Lipinski definition) is 0. The second-order valence-electron chi connectivity index (χ2n) is 7.73. The Morgan fingerprint density at radius 3 is 2.83 bits per heavy atom. The van der Waals surface area contributed by atoms with E-state index in [2.05, 4.69) is 15.0 Å². The van der Waals surface area contributed by atoms with Crippen molar-refractivity contribution in [1.29, 1.82) is 0 Å². The summed E-state index contributed by atoms with van der Waals surface area (Å²) in [6, 6.07) is 5.06. The Bertz CT molecular complexity index is 1100. The normalized spacial score (nSPS) is 21.5. The highest BCUT2D eigenvalue weighted by Crippen LogP contribution is 2.24. The fourth-order valence-electron chi connectivity index (χ4n) is 4.17. The third-order valence-electron chi connectivity index (χ3n) is 5.54. The molecule has 2 bridgehead atoms. The zero-order valence-electron chi connectivity index (χ0n) is 16.5. The zero-order valence-corrected chi connectivity index (χ0v) is 16.5. The number of fused-ring (bicyclic) bond motifs is 4. The van der Waals surface area contributed by atoms with Gasteiger partial charge < -0.3 is 19.0 Å². The first kappa shape index (κ1) is 18.7. The molecule has 3 aromatic rings. The van der Waals surface area contributed by atoms with Gasteiger partial charge in [-0.2, -0.15) is 0 Å². The standard InChI is InChI=1S/C21H21N5O4/c1-13-24-17-3-2-15(6-19(17)30-13)20(27)26-9-14-8-25(10-16(26)12-29-11-14)21(28)18-7-22-4-5-23-18/h2-7,14,16H,8-12H2,1H3/t14-,16-/m0/s1. The topological polar surface area (TPSA) is 102 Å². The van der Waals surface area contributed by atoms with Crippen LogP contribution in [0.4, 0.5) is 0 Å². The van der Waals surface area contributed by atoms with E-state index in [4.69, 9.17) is 9.15 Å². The molecule has 0 N–H and O–H groups in total. The van der Waals surface area contributed by atoms with Crippen LogP contribution in [-0.2, 0) is 4.74 Å². The van der Waals surface area contributed by atoms with E-state index in [1.807, 2.05) is 4.90 Å². The van der Waals surface area contributed by atoms with Gasteiger partial charge in [0.1, 0.15) is 11.2 Å². The summed E-state index contributed by atoms with van der Waals surface area (Å²) in [4.78, 5) is 42.3. The average molecular weight is 407 g/mol. The lowest BCUT2D eigenvalue weighted by Gasteiger charge is -2.31. The number of aryl methyl sites for hydroxylation is 1. The highest BCUT2D eigenvalue weighted by atomic mass is 16.5. The van der Waals surface area contributed by atoms with Crippen LogP contribution >= 0.6 is 0 Å². The SMILES string of the molecule is Cc1nc2ccc(C(=O)N3C[C@H]4COC[C@@H]3CN(C(=O)c3cnccn3)C4)cc2o1. The van der Waals surface area contributed by atoms with Crippen molar-refractivity contribution >= 4 is 22.9 Å². The minimum Gasteiger partial charge on any atom is -0.441 e. The van der Waals surface area contributed by atoms with Crippen molar-refractivity contribution < 1.29 is 18.7 Å². The molecule has 2 atom stereocenters. The van der Waals surface area contributed by atoms with E-state index >= 15 is 0 Å². The molecule has 2 aliphatic rings. The summed E-state index contributed by atoms with van der Waals surface area (Å²) in [6.45, 7) is 4.10. The van der Waals surface area contributed by atoms with Gasteiger partial charge >= 0.3 is 0 Å². The monoisotopic (exact) mass is 407 g/mol. The van der Waals surface area contributed by atoms with Crippen molar-refractivity contribution in [3.05, 3.63) is 53.9 Å². The molecule has 0 aliphatic carbocycles. The Morgan fingerprint density at radius 1 is 1.10 bits per heavy atom. The molecule has 5 rings (SSSR count). The van der Waals surface area contributed by atoms with Gasteiger partial charge in [-0.3, -0.25) is 14.6 Å². The lowest BCUT2D eigenvalue weighted by atomic mass is 10.1. The number of oxazole rings is 1. The van der Waals surface area contributed by atoms with Crippen LogP contribution in [0.5, 0.6) is 0 Å². The first-order valence-corrected chi connectivity index (χ1v) is 9.89. The van der Waals surface area contributed by atoms with Crippen LogP contribution in [0.2, 0.25) is 0 Å². The van der Waals surface area contributed by atoms with Crippen molar-refractivity contribution in [2.24, 2.45) is 5.92 Å². The summed E-state index contributed by atoms with van der Waals surface area (Å²) in [5, 5.41) is 0. The first-order valence-electron chi connectivity index (χ1n) is 9.89.